The van der Waals surface area contributed by atoms with Crippen molar-refractivity contribution in [2.75, 3.05) is 18.5 Å². The van der Waals surface area contributed by atoms with Crippen molar-refractivity contribution in [1.29, 1.82) is 5.26 Å². The highest BCUT2D eigenvalue weighted by atomic mass is 32.2. The van der Waals surface area contributed by atoms with Gasteiger partial charge in [0.2, 0.25) is 5.91 Å². The third-order valence-corrected chi connectivity index (χ3v) is 5.09. The summed E-state index contributed by atoms with van der Waals surface area (Å²) >= 11 is 0.794. The van der Waals surface area contributed by atoms with Crippen LogP contribution in [0.2, 0.25) is 0 Å². The lowest BCUT2D eigenvalue weighted by molar-refractivity contribution is -0.138. The average molecular weight is 423 g/mol. The Morgan fingerprint density at radius 3 is 2.62 bits per heavy atom. The lowest BCUT2D eigenvalue weighted by Gasteiger charge is -2.19. The third-order valence-electron chi connectivity index (χ3n) is 4.00. The molecule has 3 rings (SSSR count). The van der Waals surface area contributed by atoms with E-state index in [1.807, 2.05) is 0 Å². The predicted molar refractivity (Wildman–Crippen MR) is 100 cm³/mol. The first-order chi connectivity index (χ1) is 13.7. The number of anilines is 1. The van der Waals surface area contributed by atoms with Gasteiger partial charge in [0.25, 0.3) is 0 Å². The quantitative estimate of drug-likeness (QED) is 0.743. The van der Waals surface area contributed by atoms with Gasteiger partial charge in [0.1, 0.15) is 24.3 Å². The Bertz CT molecular complexity index is 989. The molecule has 1 aliphatic heterocycles. The summed E-state index contributed by atoms with van der Waals surface area (Å²) in [7, 11) is 0. The first-order valence-electron chi connectivity index (χ1n) is 8.55. The van der Waals surface area contributed by atoms with Crippen LogP contribution in [-0.2, 0) is 11.0 Å². The molecule has 0 radical (unpaired) electrons. The Balaban J connectivity index is 1.78. The normalized spacial score (nSPS) is 14.1. The van der Waals surface area contributed by atoms with Gasteiger partial charge in [-0.3, -0.25) is 4.79 Å². The molecule has 1 N–H and O–H groups in total. The van der Waals surface area contributed by atoms with Gasteiger partial charge in [-0.2, -0.15) is 18.4 Å². The third kappa shape index (κ3) is 4.74. The van der Waals surface area contributed by atoms with Crippen molar-refractivity contribution in [2.45, 2.75) is 30.3 Å². The van der Waals surface area contributed by atoms with E-state index in [0.29, 0.717) is 30.4 Å². The van der Waals surface area contributed by atoms with Crippen LogP contribution in [0.5, 0.6) is 11.5 Å². The van der Waals surface area contributed by atoms with Crippen LogP contribution in [0.3, 0.4) is 0 Å². The highest BCUT2D eigenvalue weighted by molar-refractivity contribution is 8.00. The molecule has 29 heavy (non-hydrogen) atoms. The molecule has 1 atom stereocenters. The summed E-state index contributed by atoms with van der Waals surface area (Å²) in [6, 6.07) is 7.29. The lowest BCUT2D eigenvalue weighted by Crippen LogP contribution is -2.23. The Kier molecular flexibility index (Phi) is 5.88. The fraction of sp³-hybridized carbons (Fsp3) is 0.316. The molecule has 1 aromatic carbocycles. The van der Waals surface area contributed by atoms with Crippen LogP contribution in [0.1, 0.15) is 23.7 Å². The van der Waals surface area contributed by atoms with Gasteiger partial charge in [-0.1, -0.05) is 11.8 Å². The maximum Gasteiger partial charge on any atom is 0.417 e. The van der Waals surface area contributed by atoms with Gasteiger partial charge in [-0.05, 0) is 32.0 Å². The molecule has 1 amide bonds. The zero-order valence-electron chi connectivity index (χ0n) is 15.5. The highest BCUT2D eigenvalue weighted by Crippen LogP contribution is 2.37. The summed E-state index contributed by atoms with van der Waals surface area (Å²) in [5.74, 6) is 0.614. The molecular weight excluding hydrogens is 407 g/mol. The number of rotatable bonds is 4. The number of carbonyl (C=O) groups is 1. The number of carbonyl (C=O) groups excluding carboxylic acids is 1. The molecule has 0 aliphatic carbocycles. The molecule has 0 spiro atoms. The number of aryl methyl sites for hydroxylation is 1. The second kappa shape index (κ2) is 8.21. The number of nitrogens with one attached hydrogen (secondary N) is 1. The SMILES string of the molecule is Cc1cc(C(F)(F)F)c(C#N)c(SC(C)C(=O)Nc2ccc3c(c2)OCCO3)n1. The number of fused-ring (bicyclic) bond motifs is 1. The lowest BCUT2D eigenvalue weighted by atomic mass is 10.1. The van der Waals surface area contributed by atoms with E-state index in [1.165, 1.54) is 13.8 Å². The van der Waals surface area contributed by atoms with Gasteiger partial charge in [-0.15, -0.1) is 0 Å². The molecule has 6 nitrogen and oxygen atoms in total. The maximum absolute atomic E-state index is 13.2. The first kappa shape index (κ1) is 20.8. The van der Waals surface area contributed by atoms with Gasteiger partial charge in [0.05, 0.1) is 16.4 Å². The number of hydrogen-bond acceptors (Lipinski definition) is 6. The zero-order valence-corrected chi connectivity index (χ0v) is 16.3. The smallest absolute Gasteiger partial charge is 0.417 e. The number of alkyl halides is 3. The number of amides is 1. The highest BCUT2D eigenvalue weighted by Gasteiger charge is 2.36. The van der Waals surface area contributed by atoms with E-state index in [0.717, 1.165) is 17.8 Å². The standard InChI is InChI=1S/C19H16F3N3O3S/c1-10-7-14(19(20,21)22)13(9-23)18(24-10)29-11(2)17(26)25-12-3-4-15-16(8-12)28-6-5-27-15/h3-4,7-8,11H,5-6H2,1-2H3,(H,25,26). The molecule has 0 fully saturated rings. The van der Waals surface area contributed by atoms with Gasteiger partial charge in [0.15, 0.2) is 11.5 Å². The van der Waals surface area contributed by atoms with Gasteiger partial charge >= 0.3 is 6.18 Å². The minimum Gasteiger partial charge on any atom is -0.486 e. The summed E-state index contributed by atoms with van der Waals surface area (Å²) in [6.07, 6.45) is -4.69. The minimum atomic E-state index is -4.69. The van der Waals surface area contributed by atoms with Crippen LogP contribution in [-0.4, -0.2) is 29.4 Å². The number of aromatic nitrogens is 1. The number of nitriles is 1. The summed E-state index contributed by atoms with van der Waals surface area (Å²) in [4.78, 5) is 16.5. The van der Waals surface area contributed by atoms with Crippen molar-refractivity contribution < 1.29 is 27.4 Å². The molecule has 2 aromatic rings. The van der Waals surface area contributed by atoms with Crippen LogP contribution in [0.4, 0.5) is 18.9 Å². The Hall–Kier alpha value is -2.93. The summed E-state index contributed by atoms with van der Waals surface area (Å²) in [5, 5.41) is 11.0. The Morgan fingerprint density at radius 2 is 1.97 bits per heavy atom. The molecule has 152 valence electrons. The van der Waals surface area contributed by atoms with E-state index in [2.05, 4.69) is 10.3 Å². The molecule has 1 unspecified atom stereocenters. The average Bonchev–Trinajstić information content (AvgIpc) is 2.66. The van der Waals surface area contributed by atoms with Crippen LogP contribution in [0, 0.1) is 18.3 Å². The molecule has 1 aliphatic rings. The van der Waals surface area contributed by atoms with Crippen LogP contribution < -0.4 is 14.8 Å². The van der Waals surface area contributed by atoms with E-state index in [4.69, 9.17) is 9.47 Å². The molecule has 2 heterocycles. The van der Waals surface area contributed by atoms with Gasteiger partial charge in [0, 0.05) is 17.4 Å². The molecule has 10 heteroatoms. The maximum atomic E-state index is 13.2. The van der Waals surface area contributed by atoms with E-state index >= 15 is 0 Å². The van der Waals surface area contributed by atoms with E-state index in [-0.39, 0.29) is 10.7 Å². The second-order valence-corrected chi connectivity index (χ2v) is 7.54. The number of benzene rings is 1. The van der Waals surface area contributed by atoms with Crippen molar-refractivity contribution in [3.05, 3.63) is 41.1 Å². The van der Waals surface area contributed by atoms with Crippen molar-refractivity contribution in [3.8, 4) is 17.6 Å². The Labute approximate surface area is 169 Å². The number of ether oxygens (including phenoxy) is 2. The molecule has 0 bridgehead atoms. The number of thioether (sulfide) groups is 1. The second-order valence-electron chi connectivity index (χ2n) is 6.21. The number of pyridine rings is 1. The monoisotopic (exact) mass is 423 g/mol. The summed E-state index contributed by atoms with van der Waals surface area (Å²) in [5.41, 5.74) is -1.08. The van der Waals surface area contributed by atoms with Gasteiger partial charge < -0.3 is 14.8 Å². The zero-order chi connectivity index (χ0) is 21.2. The number of halogens is 3. The fourth-order valence-corrected chi connectivity index (χ4v) is 3.62. The molecule has 0 saturated carbocycles. The van der Waals surface area contributed by atoms with Crippen molar-refractivity contribution in [2.24, 2.45) is 0 Å². The largest absolute Gasteiger partial charge is 0.486 e. The van der Waals surface area contributed by atoms with Crippen LogP contribution in [0.15, 0.2) is 29.3 Å². The van der Waals surface area contributed by atoms with Crippen molar-refractivity contribution in [3.63, 3.8) is 0 Å². The predicted octanol–water partition coefficient (Wildman–Crippen LogP) is 4.17. The topological polar surface area (TPSA) is 84.2 Å². The van der Waals surface area contributed by atoms with Crippen LogP contribution in [0.25, 0.3) is 0 Å². The van der Waals surface area contributed by atoms with E-state index < -0.39 is 28.5 Å². The Morgan fingerprint density at radius 1 is 1.28 bits per heavy atom. The number of nitrogens with zero attached hydrogens (tertiary/aromatic N) is 2. The van der Waals surface area contributed by atoms with E-state index in [9.17, 15) is 23.2 Å². The van der Waals surface area contributed by atoms with E-state index in [1.54, 1.807) is 24.3 Å². The van der Waals surface area contributed by atoms with Crippen molar-refractivity contribution >= 4 is 23.4 Å². The van der Waals surface area contributed by atoms with Crippen molar-refractivity contribution in [1.82, 2.24) is 4.98 Å². The van der Waals surface area contributed by atoms with Crippen LogP contribution >= 0.6 is 11.8 Å². The van der Waals surface area contributed by atoms with Gasteiger partial charge in [-0.25, -0.2) is 4.98 Å². The summed E-state index contributed by atoms with van der Waals surface area (Å²) < 4.78 is 50.6. The molecule has 0 saturated heterocycles. The minimum absolute atomic E-state index is 0.110. The first-order valence-corrected chi connectivity index (χ1v) is 9.43. The molecular formula is C19H16F3N3O3S. The molecule has 1 aromatic heterocycles. The number of hydrogen-bond donors (Lipinski definition) is 1. The summed E-state index contributed by atoms with van der Waals surface area (Å²) in [6.45, 7) is 3.77. The fourth-order valence-electron chi connectivity index (χ4n) is 2.65.